The lowest BCUT2D eigenvalue weighted by molar-refractivity contribution is 0.276. The molecule has 0 saturated carbocycles. The topological polar surface area (TPSA) is 45.4 Å². The van der Waals surface area contributed by atoms with Gasteiger partial charge in [0.05, 0.1) is 0 Å². The predicted octanol–water partition coefficient (Wildman–Crippen LogP) is 1.38. The fourth-order valence-corrected chi connectivity index (χ4v) is 3.10. The van der Waals surface area contributed by atoms with E-state index in [4.69, 9.17) is 5.73 Å². The van der Waals surface area contributed by atoms with Gasteiger partial charge in [0.15, 0.2) is 5.13 Å². The number of hydrogen-bond acceptors (Lipinski definition) is 5. The van der Waals surface area contributed by atoms with Crippen molar-refractivity contribution in [3.63, 3.8) is 0 Å². The summed E-state index contributed by atoms with van der Waals surface area (Å²) >= 11 is 1.78. The molecule has 17 heavy (non-hydrogen) atoms. The largest absolute Gasteiger partial charge is 0.354 e. The molecule has 5 heteroatoms. The van der Waals surface area contributed by atoms with Crippen LogP contribution in [0.4, 0.5) is 5.13 Å². The second-order valence-electron chi connectivity index (χ2n) is 5.48. The molecule has 2 N–H and O–H groups in total. The summed E-state index contributed by atoms with van der Waals surface area (Å²) in [5, 5.41) is 1.08. The van der Waals surface area contributed by atoms with E-state index in [-0.39, 0.29) is 0 Å². The molecular formula is C12H22N4S. The molecule has 1 aromatic heterocycles. The van der Waals surface area contributed by atoms with Gasteiger partial charge in [-0.3, -0.25) is 4.90 Å². The minimum Gasteiger partial charge on any atom is -0.354 e. The molecule has 1 aromatic rings. The Kier molecular flexibility index (Phi) is 3.70. The number of thiazole rings is 1. The SMILES string of the molecule is CN(C)c1ncc(CN2CCC(C)(CN)C2)s1. The van der Waals surface area contributed by atoms with Gasteiger partial charge >= 0.3 is 0 Å². The maximum Gasteiger partial charge on any atom is 0.185 e. The van der Waals surface area contributed by atoms with Crippen LogP contribution in [0, 0.1) is 5.41 Å². The lowest BCUT2D eigenvalue weighted by Crippen LogP contribution is -2.30. The summed E-state index contributed by atoms with van der Waals surface area (Å²) in [4.78, 5) is 10.3. The summed E-state index contributed by atoms with van der Waals surface area (Å²) in [5.41, 5.74) is 6.14. The first-order chi connectivity index (χ1) is 8.02. The van der Waals surface area contributed by atoms with E-state index in [1.165, 1.54) is 11.3 Å². The summed E-state index contributed by atoms with van der Waals surface area (Å²) in [5.74, 6) is 0. The first-order valence-corrected chi connectivity index (χ1v) is 6.88. The quantitative estimate of drug-likeness (QED) is 0.882. The molecule has 1 saturated heterocycles. The first kappa shape index (κ1) is 12.8. The first-order valence-electron chi connectivity index (χ1n) is 6.07. The van der Waals surface area contributed by atoms with Crippen LogP contribution >= 0.6 is 11.3 Å². The number of nitrogens with two attached hydrogens (primary N) is 1. The van der Waals surface area contributed by atoms with Crippen LogP contribution < -0.4 is 10.6 Å². The van der Waals surface area contributed by atoms with Crippen LogP contribution in [0.15, 0.2) is 6.20 Å². The van der Waals surface area contributed by atoms with Crippen LogP contribution in [-0.2, 0) is 6.54 Å². The zero-order valence-corrected chi connectivity index (χ0v) is 11.8. The lowest BCUT2D eigenvalue weighted by Gasteiger charge is -2.22. The summed E-state index contributed by atoms with van der Waals surface area (Å²) in [6.45, 7) is 6.35. The number of nitrogens with zero attached hydrogens (tertiary/aromatic N) is 3. The van der Waals surface area contributed by atoms with Gasteiger partial charge in [-0.25, -0.2) is 4.98 Å². The van der Waals surface area contributed by atoms with Crippen LogP contribution in [0.5, 0.6) is 0 Å². The third-order valence-electron chi connectivity index (χ3n) is 3.43. The van der Waals surface area contributed by atoms with Gasteiger partial charge < -0.3 is 10.6 Å². The Morgan fingerprint density at radius 3 is 2.88 bits per heavy atom. The Balaban J connectivity index is 1.93. The molecule has 1 fully saturated rings. The Bertz CT molecular complexity index is 376. The Labute approximate surface area is 107 Å². The highest BCUT2D eigenvalue weighted by atomic mass is 32.1. The molecule has 2 rings (SSSR count). The van der Waals surface area contributed by atoms with Crippen LogP contribution in [-0.4, -0.2) is 43.6 Å². The highest BCUT2D eigenvalue weighted by Gasteiger charge is 2.32. The molecule has 0 aromatic carbocycles. The van der Waals surface area contributed by atoms with Gasteiger partial charge in [0.1, 0.15) is 0 Å². The summed E-state index contributed by atoms with van der Waals surface area (Å²) in [7, 11) is 4.06. The van der Waals surface area contributed by atoms with Crippen molar-refractivity contribution < 1.29 is 0 Å². The number of rotatable bonds is 4. The number of hydrogen-bond donors (Lipinski definition) is 1. The molecule has 2 heterocycles. The molecule has 0 amide bonds. The van der Waals surface area contributed by atoms with Crippen molar-refractivity contribution in [1.29, 1.82) is 0 Å². The average molecular weight is 254 g/mol. The summed E-state index contributed by atoms with van der Waals surface area (Å²) < 4.78 is 0. The maximum atomic E-state index is 5.82. The average Bonchev–Trinajstić information content (AvgIpc) is 2.87. The smallest absolute Gasteiger partial charge is 0.185 e. The second kappa shape index (κ2) is 4.92. The monoisotopic (exact) mass is 254 g/mol. The molecule has 4 nitrogen and oxygen atoms in total. The minimum atomic E-state index is 0.315. The van der Waals surface area contributed by atoms with E-state index < -0.39 is 0 Å². The molecule has 96 valence electrons. The van der Waals surface area contributed by atoms with Crippen LogP contribution in [0.3, 0.4) is 0 Å². The van der Waals surface area contributed by atoms with E-state index in [2.05, 4.69) is 21.7 Å². The molecule has 0 bridgehead atoms. The van der Waals surface area contributed by atoms with Crippen molar-refractivity contribution in [3.8, 4) is 0 Å². The van der Waals surface area contributed by atoms with Crippen molar-refractivity contribution in [3.05, 3.63) is 11.1 Å². The molecule has 1 aliphatic rings. The minimum absolute atomic E-state index is 0.315. The van der Waals surface area contributed by atoms with E-state index in [9.17, 15) is 0 Å². The molecule has 0 radical (unpaired) electrons. The van der Waals surface area contributed by atoms with Crippen molar-refractivity contribution in [2.24, 2.45) is 11.1 Å². The molecule has 0 aliphatic carbocycles. The van der Waals surface area contributed by atoms with Crippen LogP contribution in [0.1, 0.15) is 18.2 Å². The lowest BCUT2D eigenvalue weighted by atomic mass is 9.90. The maximum absolute atomic E-state index is 5.82. The third kappa shape index (κ3) is 2.97. The zero-order valence-electron chi connectivity index (χ0n) is 10.9. The zero-order chi connectivity index (χ0) is 12.5. The number of anilines is 1. The van der Waals surface area contributed by atoms with E-state index >= 15 is 0 Å². The van der Waals surface area contributed by atoms with Gasteiger partial charge in [-0.15, -0.1) is 11.3 Å². The fourth-order valence-electron chi connectivity index (χ4n) is 2.22. The molecule has 1 atom stereocenters. The third-order valence-corrected chi connectivity index (χ3v) is 4.58. The standard InChI is InChI=1S/C12H22N4S/c1-12(8-13)4-5-16(9-12)7-10-6-14-11(17-10)15(2)3/h6H,4-5,7-9,13H2,1-3H3. The highest BCUT2D eigenvalue weighted by molar-refractivity contribution is 7.15. The van der Waals surface area contributed by atoms with Gasteiger partial charge in [0.2, 0.25) is 0 Å². The van der Waals surface area contributed by atoms with Crippen LogP contribution in [0.2, 0.25) is 0 Å². The Morgan fingerprint density at radius 2 is 2.35 bits per heavy atom. The van der Waals surface area contributed by atoms with Gasteiger partial charge in [-0.1, -0.05) is 6.92 Å². The van der Waals surface area contributed by atoms with Crippen molar-refractivity contribution in [2.75, 3.05) is 38.6 Å². The molecular weight excluding hydrogens is 232 g/mol. The van der Waals surface area contributed by atoms with E-state index in [1.807, 2.05) is 20.3 Å². The highest BCUT2D eigenvalue weighted by Crippen LogP contribution is 2.31. The second-order valence-corrected chi connectivity index (χ2v) is 6.57. The van der Waals surface area contributed by atoms with Gasteiger partial charge in [0.25, 0.3) is 0 Å². The molecule has 1 unspecified atom stereocenters. The fraction of sp³-hybridized carbons (Fsp3) is 0.750. The predicted molar refractivity (Wildman–Crippen MR) is 73.5 cm³/mol. The van der Waals surface area contributed by atoms with Crippen molar-refractivity contribution in [1.82, 2.24) is 9.88 Å². The van der Waals surface area contributed by atoms with E-state index in [1.54, 1.807) is 11.3 Å². The van der Waals surface area contributed by atoms with E-state index in [0.29, 0.717) is 5.41 Å². The summed E-state index contributed by atoms with van der Waals surface area (Å²) in [6, 6.07) is 0. The Morgan fingerprint density at radius 1 is 1.59 bits per heavy atom. The van der Waals surface area contributed by atoms with Crippen LogP contribution in [0.25, 0.3) is 0 Å². The normalized spacial score (nSPS) is 25.4. The van der Waals surface area contributed by atoms with E-state index in [0.717, 1.165) is 31.3 Å². The molecule has 0 spiro atoms. The van der Waals surface area contributed by atoms with Crippen molar-refractivity contribution >= 4 is 16.5 Å². The number of aromatic nitrogens is 1. The van der Waals surface area contributed by atoms with Gasteiger partial charge in [0, 0.05) is 38.3 Å². The van der Waals surface area contributed by atoms with Gasteiger partial charge in [-0.05, 0) is 24.9 Å². The van der Waals surface area contributed by atoms with Crippen molar-refractivity contribution in [2.45, 2.75) is 19.9 Å². The number of likely N-dealkylation sites (tertiary alicyclic amines) is 1. The Hall–Kier alpha value is -0.650. The summed E-state index contributed by atoms with van der Waals surface area (Å²) in [6.07, 6.45) is 3.21. The molecule has 1 aliphatic heterocycles. The van der Waals surface area contributed by atoms with Gasteiger partial charge in [-0.2, -0.15) is 0 Å².